The summed E-state index contributed by atoms with van der Waals surface area (Å²) >= 11 is 0. The predicted molar refractivity (Wildman–Crippen MR) is 55.8 cm³/mol. The molecule has 16 heavy (non-hydrogen) atoms. The summed E-state index contributed by atoms with van der Waals surface area (Å²) in [5.74, 6) is 0.384. The minimum Gasteiger partial charge on any atom is -0.294 e. The Bertz CT molecular complexity index is 519. The molecule has 0 atom stereocenters. The highest BCUT2D eigenvalue weighted by Crippen LogP contribution is 2.08. The first kappa shape index (κ1) is 10.4. The highest BCUT2D eigenvalue weighted by atomic mass is 16.1. The molecule has 0 aliphatic heterocycles. The smallest absolute Gasteiger partial charge is 0.182 e. The van der Waals surface area contributed by atoms with Crippen LogP contribution in [-0.2, 0) is 13.5 Å². The van der Waals surface area contributed by atoms with E-state index in [-0.39, 0.29) is 12.2 Å². The standard InChI is InChI=1S/C10H11N5O/c1-7-3-4-11-6-8(7)9(16)5-10-12-14-15(2)13-10/h3-4,6H,5H2,1-2H3. The molecule has 0 aliphatic rings. The molecule has 0 saturated heterocycles. The van der Waals surface area contributed by atoms with Crippen molar-refractivity contribution in [1.82, 2.24) is 25.2 Å². The lowest BCUT2D eigenvalue weighted by Crippen LogP contribution is -2.07. The van der Waals surface area contributed by atoms with Gasteiger partial charge >= 0.3 is 0 Å². The van der Waals surface area contributed by atoms with Crippen molar-refractivity contribution in [3.63, 3.8) is 0 Å². The monoisotopic (exact) mass is 217 g/mol. The van der Waals surface area contributed by atoms with Crippen LogP contribution in [0.2, 0.25) is 0 Å². The first-order valence-corrected chi connectivity index (χ1v) is 4.83. The highest BCUT2D eigenvalue weighted by Gasteiger charge is 2.12. The summed E-state index contributed by atoms with van der Waals surface area (Å²) in [5, 5.41) is 11.4. The van der Waals surface area contributed by atoms with Gasteiger partial charge < -0.3 is 0 Å². The van der Waals surface area contributed by atoms with Crippen molar-refractivity contribution in [2.24, 2.45) is 7.05 Å². The van der Waals surface area contributed by atoms with Gasteiger partial charge in [0.2, 0.25) is 0 Å². The van der Waals surface area contributed by atoms with Crippen LogP contribution in [0.3, 0.4) is 0 Å². The summed E-state index contributed by atoms with van der Waals surface area (Å²) in [6.45, 7) is 1.87. The molecule has 6 heteroatoms. The van der Waals surface area contributed by atoms with Gasteiger partial charge in [-0.15, -0.1) is 10.2 Å². The van der Waals surface area contributed by atoms with Crippen molar-refractivity contribution in [1.29, 1.82) is 0 Å². The quantitative estimate of drug-likeness (QED) is 0.693. The van der Waals surface area contributed by atoms with E-state index in [4.69, 9.17) is 0 Å². The number of carbonyl (C=O) groups is 1. The van der Waals surface area contributed by atoms with E-state index in [9.17, 15) is 4.79 Å². The van der Waals surface area contributed by atoms with Crippen molar-refractivity contribution in [3.05, 3.63) is 35.4 Å². The number of carbonyl (C=O) groups excluding carboxylic acids is 1. The molecule has 0 N–H and O–H groups in total. The van der Waals surface area contributed by atoms with Gasteiger partial charge in [-0.2, -0.15) is 4.80 Å². The van der Waals surface area contributed by atoms with Crippen LogP contribution in [-0.4, -0.2) is 31.0 Å². The summed E-state index contributed by atoms with van der Waals surface area (Å²) in [6, 6.07) is 1.80. The Morgan fingerprint density at radius 3 is 2.94 bits per heavy atom. The van der Waals surface area contributed by atoms with Gasteiger partial charge in [0.25, 0.3) is 0 Å². The van der Waals surface area contributed by atoms with Crippen molar-refractivity contribution >= 4 is 5.78 Å². The van der Waals surface area contributed by atoms with E-state index < -0.39 is 0 Å². The zero-order chi connectivity index (χ0) is 11.5. The third-order valence-electron chi connectivity index (χ3n) is 2.21. The molecule has 82 valence electrons. The van der Waals surface area contributed by atoms with E-state index in [0.29, 0.717) is 11.4 Å². The fraction of sp³-hybridized carbons (Fsp3) is 0.300. The van der Waals surface area contributed by atoms with Gasteiger partial charge in [-0.3, -0.25) is 9.78 Å². The first-order valence-electron chi connectivity index (χ1n) is 4.83. The number of rotatable bonds is 3. The SMILES string of the molecule is Cc1ccncc1C(=O)Cc1nnn(C)n1. The average molecular weight is 217 g/mol. The second kappa shape index (κ2) is 4.18. The Labute approximate surface area is 92.3 Å². The second-order valence-corrected chi connectivity index (χ2v) is 3.49. The van der Waals surface area contributed by atoms with Crippen LogP contribution in [0.15, 0.2) is 18.5 Å². The maximum atomic E-state index is 11.9. The molecule has 2 rings (SSSR count). The van der Waals surface area contributed by atoms with Crippen LogP contribution in [0.25, 0.3) is 0 Å². The average Bonchev–Trinajstić information content (AvgIpc) is 2.64. The summed E-state index contributed by atoms with van der Waals surface area (Å²) in [7, 11) is 1.66. The van der Waals surface area contributed by atoms with Crippen LogP contribution in [0.1, 0.15) is 21.7 Å². The largest absolute Gasteiger partial charge is 0.294 e. The number of Topliss-reactive ketones (excluding diaryl/α,β-unsaturated/α-hetero) is 1. The Morgan fingerprint density at radius 1 is 1.50 bits per heavy atom. The van der Waals surface area contributed by atoms with E-state index in [1.807, 2.05) is 6.92 Å². The molecule has 0 aromatic carbocycles. The molecule has 0 amide bonds. The number of aryl methyl sites for hydroxylation is 2. The van der Waals surface area contributed by atoms with Crippen molar-refractivity contribution in [3.8, 4) is 0 Å². The first-order chi connectivity index (χ1) is 7.66. The van der Waals surface area contributed by atoms with E-state index in [2.05, 4.69) is 20.4 Å². The topological polar surface area (TPSA) is 73.6 Å². The molecule has 0 bridgehead atoms. The number of ketones is 1. The van der Waals surface area contributed by atoms with E-state index in [1.54, 1.807) is 25.5 Å². The fourth-order valence-corrected chi connectivity index (χ4v) is 1.39. The second-order valence-electron chi connectivity index (χ2n) is 3.49. The molecule has 2 heterocycles. The third-order valence-corrected chi connectivity index (χ3v) is 2.21. The normalized spacial score (nSPS) is 10.4. The lowest BCUT2D eigenvalue weighted by molar-refractivity contribution is 0.0990. The molecule has 2 aromatic rings. The summed E-state index contributed by atoms with van der Waals surface area (Å²) in [5.41, 5.74) is 1.51. The van der Waals surface area contributed by atoms with Gasteiger partial charge in [-0.05, 0) is 23.8 Å². The maximum Gasteiger partial charge on any atom is 0.182 e. The summed E-state index contributed by atoms with van der Waals surface area (Å²) in [6.07, 6.45) is 3.38. The Hall–Kier alpha value is -2.11. The van der Waals surface area contributed by atoms with Crippen LogP contribution in [0.5, 0.6) is 0 Å². The van der Waals surface area contributed by atoms with Crippen molar-refractivity contribution < 1.29 is 4.79 Å². The third kappa shape index (κ3) is 2.10. The van der Waals surface area contributed by atoms with Crippen LogP contribution >= 0.6 is 0 Å². The van der Waals surface area contributed by atoms with Gasteiger partial charge in [-0.25, -0.2) is 0 Å². The van der Waals surface area contributed by atoms with Gasteiger partial charge in [0.1, 0.15) is 0 Å². The molecule has 0 fully saturated rings. The van der Waals surface area contributed by atoms with Gasteiger partial charge in [0, 0.05) is 18.0 Å². The minimum absolute atomic E-state index is 0.0430. The molecule has 0 aliphatic carbocycles. The summed E-state index contributed by atoms with van der Waals surface area (Å²) < 4.78 is 0. The summed E-state index contributed by atoms with van der Waals surface area (Å²) in [4.78, 5) is 17.2. The Kier molecular flexibility index (Phi) is 2.72. The number of hydrogen-bond donors (Lipinski definition) is 0. The lowest BCUT2D eigenvalue weighted by Gasteiger charge is -2.00. The van der Waals surface area contributed by atoms with Gasteiger partial charge in [0.15, 0.2) is 11.6 Å². The molecular weight excluding hydrogens is 206 g/mol. The number of aromatic nitrogens is 5. The zero-order valence-corrected chi connectivity index (χ0v) is 9.08. The lowest BCUT2D eigenvalue weighted by atomic mass is 10.1. The van der Waals surface area contributed by atoms with Crippen LogP contribution in [0.4, 0.5) is 0 Å². The molecule has 0 radical (unpaired) electrons. The molecule has 0 spiro atoms. The molecule has 6 nitrogen and oxygen atoms in total. The van der Waals surface area contributed by atoms with Crippen LogP contribution in [0, 0.1) is 6.92 Å². The van der Waals surface area contributed by atoms with E-state index in [0.717, 1.165) is 5.56 Å². The van der Waals surface area contributed by atoms with Crippen molar-refractivity contribution in [2.45, 2.75) is 13.3 Å². The van der Waals surface area contributed by atoms with E-state index >= 15 is 0 Å². The fourth-order valence-electron chi connectivity index (χ4n) is 1.39. The van der Waals surface area contributed by atoms with E-state index in [1.165, 1.54) is 4.80 Å². The number of hydrogen-bond acceptors (Lipinski definition) is 5. The number of tetrazole rings is 1. The number of nitrogens with zero attached hydrogens (tertiary/aromatic N) is 5. The minimum atomic E-state index is -0.0430. The molecular formula is C10H11N5O. The van der Waals surface area contributed by atoms with Gasteiger partial charge in [0.05, 0.1) is 13.5 Å². The maximum absolute atomic E-state index is 11.9. The number of pyridine rings is 1. The zero-order valence-electron chi connectivity index (χ0n) is 9.08. The predicted octanol–water partition coefficient (Wildman–Crippen LogP) is 0.339. The van der Waals surface area contributed by atoms with Gasteiger partial charge in [-0.1, -0.05) is 0 Å². The van der Waals surface area contributed by atoms with Crippen molar-refractivity contribution in [2.75, 3.05) is 0 Å². The molecule has 0 unspecified atom stereocenters. The molecule has 2 aromatic heterocycles. The highest BCUT2D eigenvalue weighted by molar-refractivity contribution is 5.98. The Morgan fingerprint density at radius 2 is 2.31 bits per heavy atom. The Balaban J connectivity index is 2.18. The van der Waals surface area contributed by atoms with Crippen LogP contribution < -0.4 is 0 Å². The molecule has 0 saturated carbocycles.